The Balaban J connectivity index is 1.43. The van der Waals surface area contributed by atoms with E-state index >= 15 is 0 Å². The van der Waals surface area contributed by atoms with Crippen molar-refractivity contribution in [1.29, 1.82) is 0 Å². The van der Waals surface area contributed by atoms with Crippen LogP contribution in [0.1, 0.15) is 16.8 Å². The number of carbonyl (C=O) groups is 3. The Kier molecular flexibility index (Phi) is 5.66. The Morgan fingerprint density at radius 2 is 1.60 bits per heavy atom. The molecule has 3 amide bonds. The number of nitrogens with zero attached hydrogens (tertiary/aromatic N) is 2. The summed E-state index contributed by atoms with van der Waals surface area (Å²) in [6.45, 7) is 0. The molecular formula is C28H24N4O3. The molecule has 0 aliphatic carbocycles. The van der Waals surface area contributed by atoms with E-state index in [0.29, 0.717) is 28.3 Å². The van der Waals surface area contributed by atoms with E-state index in [1.165, 1.54) is 0 Å². The van der Waals surface area contributed by atoms with Gasteiger partial charge < -0.3 is 15.5 Å². The minimum atomic E-state index is -0.348. The molecule has 0 spiro atoms. The summed E-state index contributed by atoms with van der Waals surface area (Å²) < 4.78 is 0. The lowest BCUT2D eigenvalue weighted by Crippen LogP contribution is -2.26. The summed E-state index contributed by atoms with van der Waals surface area (Å²) in [4.78, 5) is 41.7. The second kappa shape index (κ2) is 8.95. The van der Waals surface area contributed by atoms with Gasteiger partial charge in [0.2, 0.25) is 11.8 Å². The van der Waals surface area contributed by atoms with Crippen molar-refractivity contribution in [1.82, 2.24) is 0 Å². The lowest BCUT2D eigenvalue weighted by atomic mass is 10.1. The molecular weight excluding hydrogens is 440 g/mol. The van der Waals surface area contributed by atoms with E-state index in [2.05, 4.69) is 10.6 Å². The maximum atomic E-state index is 13.0. The zero-order valence-corrected chi connectivity index (χ0v) is 19.4. The molecule has 7 heteroatoms. The molecule has 2 N–H and O–H groups in total. The smallest absolute Gasteiger partial charge is 0.255 e. The topological polar surface area (TPSA) is 81.8 Å². The number of fused-ring (bicyclic) bond motifs is 3. The zero-order valence-electron chi connectivity index (χ0n) is 19.4. The fourth-order valence-electron chi connectivity index (χ4n) is 4.20. The van der Waals surface area contributed by atoms with Gasteiger partial charge in [0, 0.05) is 42.1 Å². The first kappa shape index (κ1) is 22.2. The molecule has 0 saturated carbocycles. The molecule has 7 nitrogen and oxygen atoms in total. The van der Waals surface area contributed by atoms with Gasteiger partial charge in [-0.05, 0) is 60.0 Å². The first-order valence-corrected chi connectivity index (χ1v) is 11.2. The number of rotatable bonds is 4. The lowest BCUT2D eigenvalue weighted by molar-refractivity contribution is -0.124. The van der Waals surface area contributed by atoms with Crippen LogP contribution < -0.4 is 20.4 Å². The van der Waals surface area contributed by atoms with Crippen molar-refractivity contribution < 1.29 is 14.4 Å². The lowest BCUT2D eigenvalue weighted by Gasteiger charge is -2.23. The predicted octanol–water partition coefficient (Wildman–Crippen LogP) is 5.17. The average Bonchev–Trinajstić information content (AvgIpc) is 2.99. The van der Waals surface area contributed by atoms with Gasteiger partial charge in [-0.3, -0.25) is 19.3 Å². The molecule has 0 saturated heterocycles. The van der Waals surface area contributed by atoms with E-state index in [-0.39, 0.29) is 24.1 Å². The minimum Gasteiger partial charge on any atom is -0.378 e. The van der Waals surface area contributed by atoms with Gasteiger partial charge in [0.15, 0.2) is 0 Å². The maximum Gasteiger partial charge on any atom is 0.255 e. The van der Waals surface area contributed by atoms with E-state index in [4.69, 9.17) is 0 Å². The number of carbonyl (C=O) groups excluding carboxylic acids is 3. The molecule has 0 fully saturated rings. The van der Waals surface area contributed by atoms with Gasteiger partial charge in [-0.15, -0.1) is 0 Å². The highest BCUT2D eigenvalue weighted by Gasteiger charge is 2.28. The monoisotopic (exact) mass is 464 g/mol. The summed E-state index contributed by atoms with van der Waals surface area (Å²) in [6, 6.07) is 25.8. The molecule has 4 aromatic rings. The van der Waals surface area contributed by atoms with Crippen molar-refractivity contribution in [2.45, 2.75) is 6.42 Å². The number of amides is 3. The molecule has 1 heterocycles. The summed E-state index contributed by atoms with van der Waals surface area (Å²) in [7, 11) is 3.89. The Hall–Kier alpha value is -4.65. The Morgan fingerprint density at radius 3 is 2.31 bits per heavy atom. The third-order valence-corrected chi connectivity index (χ3v) is 6.00. The van der Waals surface area contributed by atoms with E-state index in [0.717, 1.165) is 16.5 Å². The van der Waals surface area contributed by atoms with Crippen molar-refractivity contribution in [3.8, 4) is 0 Å². The van der Waals surface area contributed by atoms with Gasteiger partial charge in [-0.1, -0.05) is 30.3 Å². The van der Waals surface area contributed by atoms with Crippen LogP contribution in [0.3, 0.4) is 0 Å². The third kappa shape index (κ3) is 4.31. The highest BCUT2D eigenvalue weighted by molar-refractivity contribution is 6.21. The van der Waals surface area contributed by atoms with Crippen molar-refractivity contribution in [3.05, 3.63) is 90.5 Å². The number of hydrogen-bond donors (Lipinski definition) is 2. The van der Waals surface area contributed by atoms with Crippen molar-refractivity contribution in [2.24, 2.45) is 0 Å². The fourth-order valence-corrected chi connectivity index (χ4v) is 4.20. The number of hydrogen-bond acceptors (Lipinski definition) is 4. The van der Waals surface area contributed by atoms with Crippen LogP contribution in [0.25, 0.3) is 10.8 Å². The Morgan fingerprint density at radius 1 is 0.886 bits per heavy atom. The normalized spacial score (nSPS) is 13.1. The second-order valence-corrected chi connectivity index (χ2v) is 8.58. The summed E-state index contributed by atoms with van der Waals surface area (Å²) in [5, 5.41) is 7.62. The molecule has 1 aliphatic rings. The van der Waals surface area contributed by atoms with Gasteiger partial charge in [0.05, 0.1) is 11.4 Å². The largest absolute Gasteiger partial charge is 0.378 e. The van der Waals surface area contributed by atoms with Gasteiger partial charge >= 0.3 is 0 Å². The molecule has 0 atom stereocenters. The molecule has 0 aromatic heterocycles. The Labute approximate surface area is 203 Å². The van der Waals surface area contributed by atoms with Crippen molar-refractivity contribution in [2.75, 3.05) is 34.5 Å². The number of benzene rings is 4. The van der Waals surface area contributed by atoms with Gasteiger partial charge in [-0.25, -0.2) is 0 Å². The van der Waals surface area contributed by atoms with E-state index in [1.54, 1.807) is 41.3 Å². The fraction of sp³-hybridized carbons (Fsp3) is 0.107. The SMILES string of the molecule is CN(C)c1ccc(C(=O)Nc2ccc(N3C(=O)CC(=O)Nc4c3ccc3ccccc43)cc2)cc1. The van der Waals surface area contributed by atoms with Crippen LogP contribution in [0, 0.1) is 0 Å². The molecule has 4 aromatic carbocycles. The zero-order chi connectivity index (χ0) is 24.5. The standard InChI is InChI=1S/C28H24N4O3/c1-31(2)21-12-7-19(8-13-21)28(35)29-20-10-14-22(15-11-20)32-24-16-9-18-5-3-4-6-23(18)27(24)30-25(33)17-26(32)34/h3-16H,17H2,1-2H3,(H,29,35)(H,30,33). The second-order valence-electron chi connectivity index (χ2n) is 8.58. The van der Waals surface area contributed by atoms with Crippen LogP contribution in [0.5, 0.6) is 0 Å². The minimum absolute atomic E-state index is 0.222. The molecule has 1 aliphatic heterocycles. The van der Waals surface area contributed by atoms with Crippen LogP contribution in [0.15, 0.2) is 84.9 Å². The summed E-state index contributed by atoms with van der Waals surface area (Å²) in [5.74, 6) is -0.894. The predicted molar refractivity (Wildman–Crippen MR) is 140 cm³/mol. The number of anilines is 5. The molecule has 5 rings (SSSR count). The quantitative estimate of drug-likeness (QED) is 0.409. The first-order valence-electron chi connectivity index (χ1n) is 11.2. The van der Waals surface area contributed by atoms with Crippen LogP contribution in [-0.2, 0) is 9.59 Å². The molecule has 35 heavy (non-hydrogen) atoms. The van der Waals surface area contributed by atoms with Crippen molar-refractivity contribution >= 4 is 56.9 Å². The average molecular weight is 465 g/mol. The third-order valence-electron chi connectivity index (χ3n) is 6.00. The highest BCUT2D eigenvalue weighted by Crippen LogP contribution is 2.40. The number of nitrogens with one attached hydrogen (secondary N) is 2. The summed E-state index contributed by atoms with van der Waals surface area (Å²) >= 11 is 0. The van der Waals surface area contributed by atoms with E-state index < -0.39 is 0 Å². The summed E-state index contributed by atoms with van der Waals surface area (Å²) in [6.07, 6.45) is -0.259. The van der Waals surface area contributed by atoms with Crippen LogP contribution >= 0.6 is 0 Å². The maximum absolute atomic E-state index is 13.0. The molecule has 0 radical (unpaired) electrons. The Bertz CT molecular complexity index is 1440. The van der Waals surface area contributed by atoms with E-state index in [9.17, 15) is 14.4 Å². The molecule has 0 bridgehead atoms. The van der Waals surface area contributed by atoms with Crippen LogP contribution in [-0.4, -0.2) is 31.8 Å². The van der Waals surface area contributed by atoms with Gasteiger partial charge in [0.25, 0.3) is 5.91 Å². The van der Waals surface area contributed by atoms with Crippen LogP contribution in [0.2, 0.25) is 0 Å². The van der Waals surface area contributed by atoms with Gasteiger partial charge in [-0.2, -0.15) is 0 Å². The first-order chi connectivity index (χ1) is 16.9. The highest BCUT2D eigenvalue weighted by atomic mass is 16.2. The van der Waals surface area contributed by atoms with Gasteiger partial charge in [0.1, 0.15) is 6.42 Å². The summed E-state index contributed by atoms with van der Waals surface area (Å²) in [5.41, 5.74) is 3.98. The van der Waals surface area contributed by atoms with E-state index in [1.807, 2.05) is 67.5 Å². The van der Waals surface area contributed by atoms with Crippen molar-refractivity contribution in [3.63, 3.8) is 0 Å². The molecule has 174 valence electrons. The van der Waals surface area contributed by atoms with Crippen LogP contribution in [0.4, 0.5) is 28.4 Å². The molecule has 0 unspecified atom stereocenters.